The van der Waals surface area contributed by atoms with Crippen molar-refractivity contribution < 1.29 is 14.5 Å². The van der Waals surface area contributed by atoms with Crippen LogP contribution in [0, 0.1) is 17.0 Å². The van der Waals surface area contributed by atoms with E-state index in [1.165, 1.54) is 12.1 Å². The molecule has 11 heteroatoms. The van der Waals surface area contributed by atoms with Crippen molar-refractivity contribution in [1.29, 1.82) is 0 Å². The third-order valence-corrected chi connectivity index (χ3v) is 6.28. The lowest BCUT2D eigenvalue weighted by atomic mass is 10.00. The topological polar surface area (TPSA) is 125 Å². The lowest BCUT2D eigenvalue weighted by Gasteiger charge is -2.15. The first-order chi connectivity index (χ1) is 18.3. The third kappa shape index (κ3) is 4.98. The molecule has 1 amide bonds. The number of carbonyl (C=O) groups excluding carboxylic acids is 1. The van der Waals surface area contributed by atoms with E-state index in [2.05, 4.69) is 15.5 Å². The van der Waals surface area contributed by atoms with Crippen LogP contribution in [0.5, 0.6) is 11.5 Å². The quantitative estimate of drug-likeness (QED) is 0.254. The van der Waals surface area contributed by atoms with Gasteiger partial charge in [0, 0.05) is 28.8 Å². The molecule has 4 aromatic rings. The number of ether oxygens (including phenoxy) is 1. The van der Waals surface area contributed by atoms with Crippen LogP contribution >= 0.6 is 11.6 Å². The molecule has 38 heavy (non-hydrogen) atoms. The Kier molecular flexibility index (Phi) is 6.89. The predicted molar refractivity (Wildman–Crippen MR) is 142 cm³/mol. The van der Waals surface area contributed by atoms with Gasteiger partial charge in [-0.05, 0) is 50.2 Å². The van der Waals surface area contributed by atoms with Gasteiger partial charge in [-0.2, -0.15) is 0 Å². The van der Waals surface area contributed by atoms with E-state index >= 15 is 0 Å². The second-order valence-corrected chi connectivity index (χ2v) is 9.07. The van der Waals surface area contributed by atoms with E-state index in [1.807, 2.05) is 42.7 Å². The summed E-state index contributed by atoms with van der Waals surface area (Å²) < 4.78 is 7.91. The number of benzene rings is 3. The maximum absolute atomic E-state index is 12.6. The average Bonchev–Trinajstić information content (AvgIpc) is 3.22. The number of rotatable bonds is 7. The average molecular weight is 531 g/mol. The van der Waals surface area contributed by atoms with Crippen LogP contribution in [0.25, 0.3) is 5.69 Å². The number of aryl methyl sites for hydroxylation is 1. The molecule has 1 atom stereocenters. The van der Waals surface area contributed by atoms with E-state index < -0.39 is 11.0 Å². The zero-order chi connectivity index (χ0) is 26.8. The van der Waals surface area contributed by atoms with Gasteiger partial charge in [0.05, 0.1) is 28.8 Å². The first kappa shape index (κ1) is 25.1. The molecular formula is C27H23ClN6O4. The van der Waals surface area contributed by atoms with Gasteiger partial charge in [-0.15, -0.1) is 10.2 Å². The van der Waals surface area contributed by atoms with Crippen molar-refractivity contribution in [2.75, 3.05) is 6.54 Å². The van der Waals surface area contributed by atoms with E-state index in [9.17, 15) is 14.9 Å². The summed E-state index contributed by atoms with van der Waals surface area (Å²) in [6.07, 6.45) is 0.0914. The standard InChI is InChI=1S/C27H23ClN6O4/c1-3-29-25(35)15-23-27-32-31-16(2)33(27)24-12-11-21(38-20-6-4-5-19(13-20)34(36)37)14-22(24)26(30-23)17-7-9-18(28)10-8-17/h4-14,23H,3,15H2,1-2H3,(H,29,35)/t23-/m0/s1. The summed E-state index contributed by atoms with van der Waals surface area (Å²) in [4.78, 5) is 28.4. The summed E-state index contributed by atoms with van der Waals surface area (Å²) in [5, 5.41) is 23.3. The molecule has 5 rings (SSSR count). The first-order valence-corrected chi connectivity index (χ1v) is 12.3. The summed E-state index contributed by atoms with van der Waals surface area (Å²) in [7, 11) is 0. The Morgan fingerprint density at radius 3 is 2.61 bits per heavy atom. The maximum Gasteiger partial charge on any atom is 0.273 e. The van der Waals surface area contributed by atoms with E-state index in [0.717, 1.165) is 16.8 Å². The van der Waals surface area contributed by atoms with Gasteiger partial charge in [0.15, 0.2) is 5.82 Å². The SMILES string of the molecule is CCNC(=O)C[C@@H]1N=C(c2ccc(Cl)cc2)c2cc(Oc3cccc([N+](=O)[O-])c3)ccc2-n2c(C)nnc21. The highest BCUT2D eigenvalue weighted by molar-refractivity contribution is 6.30. The lowest BCUT2D eigenvalue weighted by molar-refractivity contribution is -0.384. The molecule has 0 unspecified atom stereocenters. The van der Waals surface area contributed by atoms with Crippen molar-refractivity contribution in [3.8, 4) is 17.2 Å². The summed E-state index contributed by atoms with van der Waals surface area (Å²) in [6, 6.07) is 18.1. The molecule has 3 aromatic carbocycles. The Hall–Kier alpha value is -4.57. The number of non-ortho nitro benzene ring substituents is 1. The maximum atomic E-state index is 12.6. The number of nitro groups is 1. The minimum Gasteiger partial charge on any atom is -0.457 e. The summed E-state index contributed by atoms with van der Waals surface area (Å²) >= 11 is 6.16. The van der Waals surface area contributed by atoms with Gasteiger partial charge in [0.2, 0.25) is 5.91 Å². The van der Waals surface area contributed by atoms with Crippen LogP contribution in [0.2, 0.25) is 5.02 Å². The fourth-order valence-corrected chi connectivity index (χ4v) is 4.48. The van der Waals surface area contributed by atoms with Gasteiger partial charge in [0.1, 0.15) is 23.4 Å². The Morgan fingerprint density at radius 1 is 1.11 bits per heavy atom. The molecule has 1 aliphatic rings. The number of nitrogens with one attached hydrogen (secondary N) is 1. The number of aliphatic imine (C=N–C) groups is 1. The highest BCUT2D eigenvalue weighted by Gasteiger charge is 2.30. The molecule has 0 spiro atoms. The van der Waals surface area contributed by atoms with Crippen LogP contribution in [0.3, 0.4) is 0 Å². The van der Waals surface area contributed by atoms with Crippen molar-refractivity contribution in [1.82, 2.24) is 20.1 Å². The molecule has 1 aromatic heterocycles. The van der Waals surface area contributed by atoms with Gasteiger partial charge in [-0.3, -0.25) is 24.5 Å². The zero-order valence-electron chi connectivity index (χ0n) is 20.6. The Bertz CT molecular complexity index is 1560. The number of amides is 1. The second-order valence-electron chi connectivity index (χ2n) is 8.63. The molecule has 0 bridgehead atoms. The Morgan fingerprint density at radius 2 is 1.87 bits per heavy atom. The summed E-state index contributed by atoms with van der Waals surface area (Å²) in [5.41, 5.74) is 2.83. The molecule has 0 radical (unpaired) electrons. The fourth-order valence-electron chi connectivity index (χ4n) is 4.35. The second kappa shape index (κ2) is 10.4. The lowest BCUT2D eigenvalue weighted by Crippen LogP contribution is -2.25. The molecule has 192 valence electrons. The van der Waals surface area contributed by atoms with Gasteiger partial charge in [0.25, 0.3) is 5.69 Å². The van der Waals surface area contributed by atoms with Gasteiger partial charge >= 0.3 is 0 Å². The van der Waals surface area contributed by atoms with Crippen molar-refractivity contribution in [3.63, 3.8) is 0 Å². The van der Waals surface area contributed by atoms with Gasteiger partial charge < -0.3 is 10.1 Å². The van der Waals surface area contributed by atoms with E-state index in [-0.39, 0.29) is 18.0 Å². The predicted octanol–water partition coefficient (Wildman–Crippen LogP) is 5.35. The fraction of sp³-hybridized carbons (Fsp3) is 0.185. The highest BCUT2D eigenvalue weighted by atomic mass is 35.5. The highest BCUT2D eigenvalue weighted by Crippen LogP contribution is 2.35. The number of nitro benzene ring substituents is 1. The molecule has 0 saturated carbocycles. The van der Waals surface area contributed by atoms with Crippen molar-refractivity contribution in [2.45, 2.75) is 26.3 Å². The monoisotopic (exact) mass is 530 g/mol. The number of carbonyl (C=O) groups is 1. The third-order valence-electron chi connectivity index (χ3n) is 6.03. The van der Waals surface area contributed by atoms with Crippen LogP contribution in [0.4, 0.5) is 5.69 Å². The molecule has 1 aliphatic heterocycles. The smallest absolute Gasteiger partial charge is 0.273 e. The van der Waals surface area contributed by atoms with Gasteiger partial charge in [-0.25, -0.2) is 0 Å². The minimum absolute atomic E-state index is 0.0707. The molecule has 2 heterocycles. The first-order valence-electron chi connectivity index (χ1n) is 11.9. The molecule has 0 saturated heterocycles. The van der Waals surface area contributed by atoms with Crippen LogP contribution in [0.1, 0.15) is 42.2 Å². The van der Waals surface area contributed by atoms with Crippen LogP contribution in [-0.4, -0.2) is 37.9 Å². The number of hydrogen-bond donors (Lipinski definition) is 1. The van der Waals surface area contributed by atoms with Crippen molar-refractivity contribution in [2.24, 2.45) is 4.99 Å². The zero-order valence-corrected chi connectivity index (χ0v) is 21.3. The largest absolute Gasteiger partial charge is 0.457 e. The number of halogens is 1. The molecule has 0 aliphatic carbocycles. The van der Waals surface area contributed by atoms with Crippen LogP contribution in [0.15, 0.2) is 71.7 Å². The van der Waals surface area contributed by atoms with E-state index in [4.69, 9.17) is 21.3 Å². The van der Waals surface area contributed by atoms with Crippen molar-refractivity contribution >= 4 is 28.9 Å². The Labute approximate surface area is 223 Å². The summed E-state index contributed by atoms with van der Waals surface area (Å²) in [6.45, 7) is 4.20. The number of hydrogen-bond acceptors (Lipinski definition) is 7. The van der Waals surface area contributed by atoms with Crippen LogP contribution in [-0.2, 0) is 4.79 Å². The van der Waals surface area contributed by atoms with E-state index in [0.29, 0.717) is 40.4 Å². The van der Waals surface area contributed by atoms with Crippen molar-refractivity contribution in [3.05, 3.63) is 105 Å². The van der Waals surface area contributed by atoms with Crippen LogP contribution < -0.4 is 10.1 Å². The number of nitrogens with zero attached hydrogens (tertiary/aromatic N) is 5. The van der Waals surface area contributed by atoms with E-state index in [1.54, 1.807) is 30.3 Å². The molecule has 1 N–H and O–H groups in total. The minimum atomic E-state index is -0.595. The molecule has 10 nitrogen and oxygen atoms in total. The number of fused-ring (bicyclic) bond motifs is 3. The molecular weight excluding hydrogens is 508 g/mol. The Balaban J connectivity index is 1.66. The van der Waals surface area contributed by atoms with Gasteiger partial charge in [-0.1, -0.05) is 29.8 Å². The normalized spacial score (nSPS) is 14.1. The molecule has 0 fully saturated rings. The number of aromatic nitrogens is 3. The summed E-state index contributed by atoms with van der Waals surface area (Å²) in [5.74, 6) is 1.83.